The highest BCUT2D eigenvalue weighted by molar-refractivity contribution is 7.11. The zero-order chi connectivity index (χ0) is 16.8. The van der Waals surface area contributed by atoms with Gasteiger partial charge in [-0.1, -0.05) is 36.4 Å². The Bertz CT molecular complexity index is 886. The molecule has 24 heavy (non-hydrogen) atoms. The Kier molecular flexibility index (Phi) is 5.03. The molecule has 0 aliphatic carbocycles. The van der Waals surface area contributed by atoms with E-state index in [4.69, 9.17) is 6.57 Å². The SMILES string of the molecule is [C-]#[N+]/C(=C\c1cccc(/C=C(\C#N)c2cccs2)c1)c1cccs1. The van der Waals surface area contributed by atoms with Crippen LogP contribution < -0.4 is 0 Å². The third-order valence-electron chi connectivity index (χ3n) is 3.33. The Morgan fingerprint density at radius 2 is 1.62 bits per heavy atom. The number of nitriles is 1. The van der Waals surface area contributed by atoms with Crippen LogP contribution in [0, 0.1) is 17.9 Å². The maximum Gasteiger partial charge on any atom is 0.204 e. The van der Waals surface area contributed by atoms with Gasteiger partial charge in [-0.2, -0.15) is 16.6 Å². The molecule has 0 N–H and O–H groups in total. The van der Waals surface area contributed by atoms with E-state index in [0.29, 0.717) is 11.3 Å². The van der Waals surface area contributed by atoms with E-state index in [9.17, 15) is 5.26 Å². The van der Waals surface area contributed by atoms with Gasteiger partial charge in [0.15, 0.2) is 0 Å². The third kappa shape index (κ3) is 3.70. The number of benzene rings is 1. The summed E-state index contributed by atoms with van der Waals surface area (Å²) in [5.41, 5.74) is 3.18. The molecular weight excluding hydrogens is 332 g/mol. The number of hydrogen-bond donors (Lipinski definition) is 0. The summed E-state index contributed by atoms with van der Waals surface area (Å²) in [6, 6.07) is 17.9. The molecule has 0 atom stereocenters. The smallest absolute Gasteiger partial charge is 0.204 e. The lowest BCUT2D eigenvalue weighted by molar-refractivity contribution is 1.54. The largest absolute Gasteiger partial charge is 0.237 e. The van der Waals surface area contributed by atoms with E-state index in [1.165, 1.54) is 0 Å². The molecule has 2 aromatic heterocycles. The number of thiophene rings is 2. The molecule has 2 nitrogen and oxygen atoms in total. The first-order valence-corrected chi connectivity index (χ1v) is 8.95. The normalized spacial score (nSPS) is 11.8. The molecule has 0 fully saturated rings. The van der Waals surface area contributed by atoms with Crippen molar-refractivity contribution in [3.63, 3.8) is 0 Å². The van der Waals surface area contributed by atoms with Gasteiger partial charge >= 0.3 is 0 Å². The van der Waals surface area contributed by atoms with Crippen LogP contribution in [0.1, 0.15) is 20.9 Å². The van der Waals surface area contributed by atoms with Crippen LogP contribution in [-0.4, -0.2) is 0 Å². The summed E-state index contributed by atoms with van der Waals surface area (Å²) in [7, 11) is 0. The monoisotopic (exact) mass is 344 g/mol. The van der Waals surface area contributed by atoms with Crippen LogP contribution in [0.5, 0.6) is 0 Å². The van der Waals surface area contributed by atoms with E-state index >= 15 is 0 Å². The third-order valence-corrected chi connectivity index (χ3v) is 5.12. The average Bonchev–Trinajstić information content (AvgIpc) is 3.31. The van der Waals surface area contributed by atoms with Gasteiger partial charge in [0.05, 0.1) is 12.1 Å². The highest BCUT2D eigenvalue weighted by Gasteiger charge is 2.04. The van der Waals surface area contributed by atoms with Crippen LogP contribution in [-0.2, 0) is 0 Å². The molecular formula is C20H12N2S2. The van der Waals surface area contributed by atoms with Crippen LogP contribution >= 0.6 is 22.7 Å². The molecule has 3 aromatic rings. The maximum atomic E-state index is 9.37. The van der Waals surface area contributed by atoms with Crippen LogP contribution in [0.2, 0.25) is 0 Å². The lowest BCUT2D eigenvalue weighted by Gasteiger charge is -2.00. The van der Waals surface area contributed by atoms with E-state index in [1.54, 1.807) is 22.7 Å². The van der Waals surface area contributed by atoms with Crippen LogP contribution in [0.15, 0.2) is 59.3 Å². The fraction of sp³-hybridized carbons (Fsp3) is 0. The molecule has 0 spiro atoms. The van der Waals surface area contributed by atoms with Gasteiger partial charge < -0.3 is 0 Å². The summed E-state index contributed by atoms with van der Waals surface area (Å²) < 4.78 is 0. The standard InChI is InChI=1S/C20H12N2S2/c1-22-18(20-8-4-10-24-20)13-16-6-2-5-15(11-16)12-17(14-21)19-7-3-9-23-19/h2-13H/b17-12+,18-13-. The lowest BCUT2D eigenvalue weighted by Crippen LogP contribution is -1.80. The quantitative estimate of drug-likeness (QED) is 0.404. The summed E-state index contributed by atoms with van der Waals surface area (Å²) >= 11 is 3.11. The van der Waals surface area contributed by atoms with Crippen molar-refractivity contribution in [1.82, 2.24) is 0 Å². The van der Waals surface area contributed by atoms with Crippen molar-refractivity contribution in [2.24, 2.45) is 0 Å². The zero-order valence-corrected chi connectivity index (χ0v) is 14.3. The van der Waals surface area contributed by atoms with Crippen molar-refractivity contribution in [1.29, 1.82) is 5.26 Å². The molecule has 1 aromatic carbocycles. The van der Waals surface area contributed by atoms with Gasteiger partial charge in [0.2, 0.25) is 5.70 Å². The minimum atomic E-state index is 0.630. The molecule has 0 amide bonds. The van der Waals surface area contributed by atoms with Crippen molar-refractivity contribution in [2.45, 2.75) is 0 Å². The van der Waals surface area contributed by atoms with Crippen LogP contribution in [0.4, 0.5) is 0 Å². The number of allylic oxidation sites excluding steroid dienone is 1. The molecule has 0 aliphatic heterocycles. The molecule has 4 heteroatoms. The van der Waals surface area contributed by atoms with E-state index in [1.807, 2.05) is 71.4 Å². The second-order valence-corrected chi connectivity index (χ2v) is 6.83. The summed E-state index contributed by atoms with van der Waals surface area (Å²) in [6.45, 7) is 7.39. The molecule has 3 rings (SSSR count). The zero-order valence-electron chi connectivity index (χ0n) is 12.6. The van der Waals surface area contributed by atoms with E-state index < -0.39 is 0 Å². The Labute approximate surface area is 149 Å². The molecule has 0 bridgehead atoms. The van der Waals surface area contributed by atoms with E-state index in [2.05, 4.69) is 10.9 Å². The summed E-state index contributed by atoms with van der Waals surface area (Å²) in [5.74, 6) is 0. The van der Waals surface area contributed by atoms with Gasteiger partial charge in [-0.15, -0.1) is 11.3 Å². The Balaban J connectivity index is 1.96. The van der Waals surface area contributed by atoms with Gasteiger partial charge in [0.25, 0.3) is 0 Å². The highest BCUT2D eigenvalue weighted by Crippen LogP contribution is 2.26. The topological polar surface area (TPSA) is 28.1 Å². The van der Waals surface area contributed by atoms with Crippen LogP contribution in [0.25, 0.3) is 28.3 Å². The van der Waals surface area contributed by atoms with Crippen molar-refractivity contribution in [3.05, 3.63) is 91.6 Å². The van der Waals surface area contributed by atoms with Gasteiger partial charge in [-0.3, -0.25) is 0 Å². The minimum Gasteiger partial charge on any atom is -0.237 e. The number of nitrogens with zero attached hydrogens (tertiary/aromatic N) is 2. The Morgan fingerprint density at radius 1 is 0.958 bits per heavy atom. The predicted molar refractivity (Wildman–Crippen MR) is 103 cm³/mol. The first kappa shape index (κ1) is 16.0. The molecule has 0 radical (unpaired) electrons. The maximum absolute atomic E-state index is 9.37. The summed E-state index contributed by atoms with van der Waals surface area (Å²) in [6.07, 6.45) is 3.76. The molecule has 0 saturated carbocycles. The number of rotatable bonds is 4. The van der Waals surface area contributed by atoms with Gasteiger partial charge in [0.1, 0.15) is 6.07 Å². The van der Waals surface area contributed by atoms with Gasteiger partial charge in [-0.25, -0.2) is 4.85 Å². The van der Waals surface area contributed by atoms with E-state index in [-0.39, 0.29) is 0 Å². The number of hydrogen-bond acceptors (Lipinski definition) is 3. The van der Waals surface area contributed by atoms with Gasteiger partial charge in [0, 0.05) is 9.75 Å². The fourth-order valence-corrected chi connectivity index (χ4v) is 3.61. The summed E-state index contributed by atoms with van der Waals surface area (Å²) in [4.78, 5) is 5.55. The first-order chi connectivity index (χ1) is 11.8. The van der Waals surface area contributed by atoms with Crippen LogP contribution in [0.3, 0.4) is 0 Å². The van der Waals surface area contributed by atoms with Crippen molar-refractivity contribution in [2.75, 3.05) is 0 Å². The highest BCUT2D eigenvalue weighted by atomic mass is 32.1. The minimum absolute atomic E-state index is 0.630. The molecule has 114 valence electrons. The Hall–Kier alpha value is -2.92. The molecule has 2 heterocycles. The molecule has 0 unspecified atom stereocenters. The van der Waals surface area contributed by atoms with Crippen molar-refractivity contribution < 1.29 is 0 Å². The molecule has 0 aliphatic rings. The second kappa shape index (κ2) is 7.57. The van der Waals surface area contributed by atoms with Crippen molar-refractivity contribution >= 4 is 46.1 Å². The van der Waals surface area contributed by atoms with E-state index in [0.717, 1.165) is 20.9 Å². The van der Waals surface area contributed by atoms with Gasteiger partial charge in [-0.05, 0) is 46.2 Å². The predicted octanol–water partition coefficient (Wildman–Crippen LogP) is 6.29. The summed E-state index contributed by atoms with van der Waals surface area (Å²) in [5, 5.41) is 13.3. The van der Waals surface area contributed by atoms with Crippen molar-refractivity contribution in [3.8, 4) is 6.07 Å². The molecule has 0 saturated heterocycles. The first-order valence-electron chi connectivity index (χ1n) is 7.19. The lowest BCUT2D eigenvalue weighted by atomic mass is 10.1. The Morgan fingerprint density at radius 3 is 2.21 bits per heavy atom. The second-order valence-electron chi connectivity index (χ2n) is 4.94. The average molecular weight is 344 g/mol. The fourth-order valence-electron chi connectivity index (χ4n) is 2.24.